The average molecular weight is 493 g/mol. The van der Waals surface area contributed by atoms with Crippen LogP contribution in [0.2, 0.25) is 0 Å². The minimum absolute atomic E-state index is 0.00675. The number of nitrogens with one attached hydrogen (secondary N) is 3. The average Bonchev–Trinajstić information content (AvgIpc) is 3.43. The topological polar surface area (TPSA) is 158 Å². The summed E-state index contributed by atoms with van der Waals surface area (Å²) in [5.74, 6) is -1.26. The molecule has 0 fully saturated rings. The van der Waals surface area contributed by atoms with E-state index < -0.39 is 27.8 Å². The zero-order valence-corrected chi connectivity index (χ0v) is 19.6. The Hall–Kier alpha value is -3.22. The smallest absolute Gasteiger partial charge is 0.288 e. The molecule has 1 aliphatic heterocycles. The molecule has 0 saturated heterocycles. The Labute approximate surface area is 197 Å². The second-order valence-corrected chi connectivity index (χ2v) is 9.69. The number of fused-ring (bicyclic) bond motifs is 1. The largest absolute Gasteiger partial charge is 0.451 e. The molecule has 0 unspecified atom stereocenters. The Bertz CT molecular complexity index is 1150. The Morgan fingerprint density at radius 3 is 2.76 bits per heavy atom. The quantitative estimate of drug-likeness (QED) is 0.115. The van der Waals surface area contributed by atoms with Gasteiger partial charge in [0.2, 0.25) is 22.3 Å². The van der Waals surface area contributed by atoms with Crippen molar-refractivity contribution in [2.75, 3.05) is 13.2 Å². The molecule has 12 heteroatoms. The van der Waals surface area contributed by atoms with E-state index in [2.05, 4.69) is 15.4 Å². The molecule has 1 aromatic carbocycles. The third kappa shape index (κ3) is 6.22. The summed E-state index contributed by atoms with van der Waals surface area (Å²) in [7, 11) is -3.54. The van der Waals surface area contributed by atoms with Gasteiger partial charge in [-0.25, -0.2) is 18.2 Å². The number of rotatable bonds is 12. The van der Waals surface area contributed by atoms with Crippen molar-refractivity contribution in [2.24, 2.45) is 5.92 Å². The van der Waals surface area contributed by atoms with Crippen LogP contribution in [0.3, 0.4) is 0 Å². The summed E-state index contributed by atoms with van der Waals surface area (Å²) >= 11 is 0. The van der Waals surface area contributed by atoms with E-state index in [0.29, 0.717) is 28.4 Å². The van der Waals surface area contributed by atoms with Gasteiger partial charge in [-0.1, -0.05) is 38.3 Å². The highest BCUT2D eigenvalue weighted by atomic mass is 32.2. The van der Waals surface area contributed by atoms with E-state index in [1.807, 2.05) is 6.92 Å². The third-order valence-electron chi connectivity index (χ3n) is 5.49. The van der Waals surface area contributed by atoms with E-state index >= 15 is 0 Å². The first-order valence-electron chi connectivity index (χ1n) is 10.9. The number of benzene rings is 1. The maximum atomic E-state index is 12.4. The summed E-state index contributed by atoms with van der Waals surface area (Å²) in [5.41, 5.74) is 1.17. The molecule has 1 aromatic heterocycles. The summed E-state index contributed by atoms with van der Waals surface area (Å²) < 4.78 is 32.1. The normalized spacial score (nSPS) is 14.8. The predicted octanol–water partition coefficient (Wildman–Crippen LogP) is 1.59. The second kappa shape index (κ2) is 11.3. The number of hydrogen-bond donors (Lipinski definition) is 4. The molecule has 4 N–H and O–H groups in total. The summed E-state index contributed by atoms with van der Waals surface area (Å²) in [6, 6.07) is 7.91. The molecule has 2 heterocycles. The molecule has 0 aliphatic carbocycles. The van der Waals surface area contributed by atoms with Crippen molar-refractivity contribution < 1.29 is 32.4 Å². The van der Waals surface area contributed by atoms with Crippen LogP contribution in [0, 0.1) is 5.92 Å². The van der Waals surface area contributed by atoms with Gasteiger partial charge in [0.25, 0.3) is 5.91 Å². The van der Waals surface area contributed by atoms with Gasteiger partial charge in [0.05, 0.1) is 24.0 Å². The molecule has 3 amide bonds. The number of nitrogens with zero attached hydrogens (tertiary/aromatic N) is 1. The highest BCUT2D eigenvalue weighted by Gasteiger charge is 2.26. The first-order chi connectivity index (χ1) is 16.2. The predicted molar refractivity (Wildman–Crippen MR) is 121 cm³/mol. The summed E-state index contributed by atoms with van der Waals surface area (Å²) in [6.07, 6.45) is 3.38. The first kappa shape index (κ1) is 25.4. The molecule has 0 bridgehead atoms. The van der Waals surface area contributed by atoms with Gasteiger partial charge in [-0.15, -0.1) is 0 Å². The molecule has 0 radical (unpaired) electrons. The van der Waals surface area contributed by atoms with Gasteiger partial charge in [0.15, 0.2) is 5.76 Å². The number of carbonyl (C=O) groups excluding carboxylic acids is 3. The van der Waals surface area contributed by atoms with Crippen molar-refractivity contribution in [3.8, 4) is 11.3 Å². The fraction of sp³-hybridized carbons (Fsp3) is 0.409. The zero-order chi connectivity index (χ0) is 24.7. The number of hydroxylamine groups is 2. The first-order valence-corrected chi connectivity index (χ1v) is 12.4. The number of carbonyl (C=O) groups is 3. The van der Waals surface area contributed by atoms with E-state index in [9.17, 15) is 28.0 Å². The molecule has 34 heavy (non-hydrogen) atoms. The Morgan fingerprint density at radius 2 is 2.03 bits per heavy atom. The maximum absolute atomic E-state index is 12.4. The van der Waals surface area contributed by atoms with Crippen molar-refractivity contribution in [3.63, 3.8) is 0 Å². The van der Waals surface area contributed by atoms with Gasteiger partial charge in [-0.05, 0) is 30.2 Å². The van der Waals surface area contributed by atoms with E-state index in [1.165, 1.54) is 12.1 Å². The number of unbranched alkanes of at least 4 members (excludes halogenated alkanes) is 2. The minimum Gasteiger partial charge on any atom is -0.451 e. The lowest BCUT2D eigenvalue weighted by molar-refractivity contribution is -0.154. The summed E-state index contributed by atoms with van der Waals surface area (Å²) in [5, 5.41) is 15.0. The van der Waals surface area contributed by atoms with Crippen molar-refractivity contribution in [1.29, 1.82) is 0 Å². The van der Waals surface area contributed by atoms with Gasteiger partial charge in [0, 0.05) is 12.1 Å². The lowest BCUT2D eigenvalue weighted by atomic mass is 10.0. The number of hydrogen-bond acceptors (Lipinski definition) is 7. The molecule has 0 spiro atoms. The molecule has 1 aliphatic rings. The van der Waals surface area contributed by atoms with Gasteiger partial charge in [-0.3, -0.25) is 19.6 Å². The van der Waals surface area contributed by atoms with Crippen LogP contribution in [0.4, 0.5) is 0 Å². The molecule has 2 aromatic rings. The fourth-order valence-corrected chi connectivity index (χ4v) is 4.90. The van der Waals surface area contributed by atoms with Crippen LogP contribution < -0.4 is 15.4 Å². The van der Waals surface area contributed by atoms with Crippen LogP contribution in [-0.4, -0.2) is 50.1 Å². The van der Waals surface area contributed by atoms with Gasteiger partial charge < -0.3 is 15.1 Å². The molecule has 1 atom stereocenters. The van der Waals surface area contributed by atoms with Crippen molar-refractivity contribution in [2.45, 2.75) is 44.0 Å². The van der Waals surface area contributed by atoms with E-state index in [0.717, 1.165) is 19.3 Å². The summed E-state index contributed by atoms with van der Waals surface area (Å²) in [4.78, 5) is 35.7. The van der Waals surface area contributed by atoms with Gasteiger partial charge in [0.1, 0.15) is 5.76 Å². The number of furan rings is 1. The zero-order valence-electron chi connectivity index (χ0n) is 18.7. The van der Waals surface area contributed by atoms with Gasteiger partial charge >= 0.3 is 0 Å². The molecular formula is C22H28N4O7S. The lowest BCUT2D eigenvalue weighted by Crippen LogP contribution is -2.42. The van der Waals surface area contributed by atoms with Crippen LogP contribution in [0.5, 0.6) is 0 Å². The van der Waals surface area contributed by atoms with E-state index in [-0.39, 0.29) is 36.8 Å². The highest BCUT2D eigenvalue weighted by Crippen LogP contribution is 2.29. The molecule has 184 valence electrons. The standard InChI is InChI=1S/C22H28N4O7S/c1-2-3-4-5-17(12-26(30)14-27)21(28)23-13-24-22(29)19-9-8-18(33-19)15-6-7-16-11-25-34(31,32)20(16)10-15/h6-10,14,17,25,30H,2-5,11-13H2,1H3,(H,23,28)(H,24,29)/t17-/m1/s1. The van der Waals surface area contributed by atoms with E-state index in [1.54, 1.807) is 18.2 Å². The minimum atomic E-state index is -3.54. The highest BCUT2D eigenvalue weighted by molar-refractivity contribution is 7.89. The molecule has 0 saturated carbocycles. The number of sulfonamides is 1. The van der Waals surface area contributed by atoms with Crippen LogP contribution in [0.25, 0.3) is 11.3 Å². The van der Waals surface area contributed by atoms with Crippen LogP contribution in [-0.2, 0) is 26.2 Å². The van der Waals surface area contributed by atoms with Crippen molar-refractivity contribution in [3.05, 3.63) is 41.7 Å². The third-order valence-corrected chi connectivity index (χ3v) is 6.97. The van der Waals surface area contributed by atoms with E-state index in [4.69, 9.17) is 4.42 Å². The molecular weight excluding hydrogens is 464 g/mol. The monoisotopic (exact) mass is 492 g/mol. The maximum Gasteiger partial charge on any atom is 0.288 e. The second-order valence-electron chi connectivity index (χ2n) is 7.95. The van der Waals surface area contributed by atoms with Crippen LogP contribution >= 0.6 is 0 Å². The van der Waals surface area contributed by atoms with Crippen LogP contribution in [0.15, 0.2) is 39.6 Å². The Kier molecular flexibility index (Phi) is 8.42. The Morgan fingerprint density at radius 1 is 1.24 bits per heavy atom. The number of amides is 3. The fourth-order valence-electron chi connectivity index (χ4n) is 3.63. The lowest BCUT2D eigenvalue weighted by Gasteiger charge is -2.19. The van der Waals surface area contributed by atoms with Crippen LogP contribution in [0.1, 0.15) is 48.7 Å². The van der Waals surface area contributed by atoms with Crippen molar-refractivity contribution in [1.82, 2.24) is 20.4 Å². The Balaban J connectivity index is 1.56. The van der Waals surface area contributed by atoms with Gasteiger partial charge in [-0.2, -0.15) is 0 Å². The van der Waals surface area contributed by atoms with Crippen molar-refractivity contribution >= 4 is 28.2 Å². The molecule has 11 nitrogen and oxygen atoms in total. The molecule has 3 rings (SSSR count). The SMILES string of the molecule is CCCCC[C@H](CN(O)C=O)C(=O)NCNC(=O)c1ccc(-c2ccc3c(c2)S(=O)(=O)NC3)o1. The summed E-state index contributed by atoms with van der Waals surface area (Å²) in [6.45, 7) is 1.95.